The van der Waals surface area contributed by atoms with Crippen LogP contribution in [0.2, 0.25) is 0 Å². The molecule has 0 radical (unpaired) electrons. The molecule has 2 nitrogen and oxygen atoms in total. The minimum Gasteiger partial charge on any atom is -0.324 e. The zero-order chi connectivity index (χ0) is 12.4. The molecule has 1 unspecified atom stereocenters. The summed E-state index contributed by atoms with van der Waals surface area (Å²) in [7, 11) is 0. The fourth-order valence-corrected chi connectivity index (χ4v) is 3.12. The van der Waals surface area contributed by atoms with Gasteiger partial charge in [-0.1, -0.05) is 24.3 Å². The van der Waals surface area contributed by atoms with Crippen LogP contribution in [-0.4, -0.2) is 4.98 Å². The SMILES string of the molecule is NC(Cc1csc2ccccc12)c1cccnc1. The van der Waals surface area contributed by atoms with Crippen LogP contribution in [0.4, 0.5) is 0 Å². The van der Waals surface area contributed by atoms with Crippen molar-refractivity contribution in [3.63, 3.8) is 0 Å². The lowest BCUT2D eigenvalue weighted by Gasteiger charge is -2.10. The second kappa shape index (κ2) is 4.88. The first-order valence-electron chi connectivity index (χ1n) is 5.95. The molecule has 0 aliphatic carbocycles. The molecule has 2 heterocycles. The van der Waals surface area contributed by atoms with Crippen LogP contribution < -0.4 is 5.73 Å². The quantitative estimate of drug-likeness (QED) is 0.776. The Morgan fingerprint density at radius 2 is 2.06 bits per heavy atom. The Morgan fingerprint density at radius 3 is 2.89 bits per heavy atom. The van der Waals surface area contributed by atoms with Gasteiger partial charge in [-0.15, -0.1) is 11.3 Å². The summed E-state index contributed by atoms with van der Waals surface area (Å²) >= 11 is 1.78. The van der Waals surface area contributed by atoms with Crippen molar-refractivity contribution in [3.8, 4) is 0 Å². The van der Waals surface area contributed by atoms with E-state index in [9.17, 15) is 0 Å². The summed E-state index contributed by atoms with van der Waals surface area (Å²) < 4.78 is 1.32. The summed E-state index contributed by atoms with van der Waals surface area (Å²) in [6, 6.07) is 12.4. The second-order valence-electron chi connectivity index (χ2n) is 4.35. The van der Waals surface area contributed by atoms with E-state index in [0.29, 0.717) is 0 Å². The zero-order valence-electron chi connectivity index (χ0n) is 9.91. The van der Waals surface area contributed by atoms with Crippen LogP contribution in [0.5, 0.6) is 0 Å². The normalized spacial score (nSPS) is 12.7. The van der Waals surface area contributed by atoms with E-state index < -0.39 is 0 Å². The molecule has 3 rings (SSSR count). The highest BCUT2D eigenvalue weighted by molar-refractivity contribution is 7.17. The number of benzene rings is 1. The van der Waals surface area contributed by atoms with E-state index in [4.69, 9.17) is 5.73 Å². The van der Waals surface area contributed by atoms with Gasteiger partial charge < -0.3 is 5.73 Å². The maximum Gasteiger partial charge on any atom is 0.0351 e. The molecule has 0 spiro atoms. The maximum atomic E-state index is 6.24. The summed E-state index contributed by atoms with van der Waals surface area (Å²) in [5, 5.41) is 3.53. The molecule has 2 N–H and O–H groups in total. The standard InChI is InChI=1S/C15H14N2S/c16-14(11-4-3-7-17-9-11)8-12-10-18-15-6-2-1-5-13(12)15/h1-7,9-10,14H,8,16H2. The smallest absolute Gasteiger partial charge is 0.0351 e. The molecule has 0 aliphatic rings. The van der Waals surface area contributed by atoms with Crippen molar-refractivity contribution in [1.82, 2.24) is 4.98 Å². The van der Waals surface area contributed by atoms with Gasteiger partial charge in [0.05, 0.1) is 0 Å². The van der Waals surface area contributed by atoms with Gasteiger partial charge >= 0.3 is 0 Å². The van der Waals surface area contributed by atoms with E-state index >= 15 is 0 Å². The van der Waals surface area contributed by atoms with Crippen molar-refractivity contribution >= 4 is 21.4 Å². The number of pyridine rings is 1. The third-order valence-corrected chi connectivity index (χ3v) is 4.13. The number of fused-ring (bicyclic) bond motifs is 1. The van der Waals surface area contributed by atoms with E-state index in [1.54, 1.807) is 17.5 Å². The van der Waals surface area contributed by atoms with E-state index in [1.165, 1.54) is 15.6 Å². The summed E-state index contributed by atoms with van der Waals surface area (Å²) in [6.07, 6.45) is 4.48. The lowest BCUT2D eigenvalue weighted by molar-refractivity contribution is 0.723. The fraction of sp³-hybridized carbons (Fsp3) is 0.133. The highest BCUT2D eigenvalue weighted by atomic mass is 32.1. The van der Waals surface area contributed by atoms with Gasteiger partial charge in [-0.3, -0.25) is 4.98 Å². The van der Waals surface area contributed by atoms with Gasteiger partial charge in [0.15, 0.2) is 0 Å². The number of nitrogens with two attached hydrogens (primary N) is 1. The summed E-state index contributed by atoms with van der Waals surface area (Å²) in [4.78, 5) is 4.12. The first kappa shape index (κ1) is 11.4. The predicted octanol–water partition coefficient (Wildman–Crippen LogP) is 3.54. The van der Waals surface area contributed by atoms with Gasteiger partial charge in [0.2, 0.25) is 0 Å². The van der Waals surface area contributed by atoms with E-state index in [2.05, 4.69) is 34.6 Å². The van der Waals surface area contributed by atoms with Crippen LogP contribution in [-0.2, 0) is 6.42 Å². The van der Waals surface area contributed by atoms with E-state index in [-0.39, 0.29) is 6.04 Å². The van der Waals surface area contributed by atoms with Crippen molar-refractivity contribution < 1.29 is 0 Å². The monoisotopic (exact) mass is 254 g/mol. The summed E-state index contributed by atoms with van der Waals surface area (Å²) in [5.74, 6) is 0. The fourth-order valence-electron chi connectivity index (χ4n) is 2.14. The van der Waals surface area contributed by atoms with Crippen molar-refractivity contribution in [1.29, 1.82) is 0 Å². The molecule has 3 heteroatoms. The Morgan fingerprint density at radius 1 is 1.17 bits per heavy atom. The van der Waals surface area contributed by atoms with E-state index in [0.717, 1.165) is 12.0 Å². The van der Waals surface area contributed by atoms with Crippen LogP contribution in [0, 0.1) is 0 Å². The number of rotatable bonds is 3. The van der Waals surface area contributed by atoms with Gasteiger partial charge in [0.25, 0.3) is 0 Å². The molecule has 1 atom stereocenters. The average molecular weight is 254 g/mol. The Bertz CT molecular complexity index is 646. The first-order chi connectivity index (χ1) is 8.84. The topological polar surface area (TPSA) is 38.9 Å². The van der Waals surface area contributed by atoms with Gasteiger partial charge in [0, 0.05) is 23.1 Å². The largest absolute Gasteiger partial charge is 0.324 e. The van der Waals surface area contributed by atoms with Crippen molar-refractivity contribution in [2.24, 2.45) is 5.73 Å². The summed E-state index contributed by atoms with van der Waals surface area (Å²) in [6.45, 7) is 0. The van der Waals surface area contributed by atoms with Crippen LogP contribution in [0.15, 0.2) is 54.2 Å². The lowest BCUT2D eigenvalue weighted by Crippen LogP contribution is -2.13. The first-order valence-corrected chi connectivity index (χ1v) is 6.83. The molecule has 18 heavy (non-hydrogen) atoms. The van der Waals surface area contributed by atoms with Crippen molar-refractivity contribution in [2.75, 3.05) is 0 Å². The average Bonchev–Trinajstić information content (AvgIpc) is 2.83. The van der Waals surface area contributed by atoms with Crippen molar-refractivity contribution in [2.45, 2.75) is 12.5 Å². The molecule has 0 amide bonds. The third kappa shape index (κ3) is 2.15. The Hall–Kier alpha value is -1.71. The third-order valence-electron chi connectivity index (χ3n) is 3.11. The van der Waals surface area contributed by atoms with Gasteiger partial charge in [-0.2, -0.15) is 0 Å². The molecule has 0 aliphatic heterocycles. The zero-order valence-corrected chi connectivity index (χ0v) is 10.7. The second-order valence-corrected chi connectivity index (χ2v) is 5.27. The van der Waals surface area contributed by atoms with Crippen molar-refractivity contribution in [3.05, 3.63) is 65.3 Å². The molecule has 0 bridgehead atoms. The van der Waals surface area contributed by atoms with Crippen LogP contribution >= 0.6 is 11.3 Å². The number of thiophene rings is 1. The molecular formula is C15H14N2S. The molecule has 1 aromatic carbocycles. The van der Waals surface area contributed by atoms with Gasteiger partial charge in [-0.05, 0) is 40.4 Å². The molecule has 0 saturated carbocycles. The molecule has 2 aromatic heterocycles. The highest BCUT2D eigenvalue weighted by Crippen LogP contribution is 2.28. The minimum absolute atomic E-state index is 0.0108. The van der Waals surface area contributed by atoms with Crippen LogP contribution in [0.3, 0.4) is 0 Å². The number of aromatic nitrogens is 1. The predicted molar refractivity (Wildman–Crippen MR) is 76.7 cm³/mol. The summed E-state index contributed by atoms with van der Waals surface area (Å²) in [5.41, 5.74) is 8.66. The number of nitrogens with zero attached hydrogens (tertiary/aromatic N) is 1. The maximum absolute atomic E-state index is 6.24. The molecule has 90 valence electrons. The molecule has 0 fully saturated rings. The number of hydrogen-bond donors (Lipinski definition) is 1. The van der Waals surface area contributed by atoms with Crippen LogP contribution in [0.25, 0.3) is 10.1 Å². The Balaban J connectivity index is 1.89. The lowest BCUT2D eigenvalue weighted by atomic mass is 10.0. The van der Waals surface area contributed by atoms with E-state index in [1.807, 2.05) is 18.3 Å². The highest BCUT2D eigenvalue weighted by Gasteiger charge is 2.10. The Kier molecular flexibility index (Phi) is 3.09. The molecule has 3 aromatic rings. The molecule has 0 saturated heterocycles. The molecular weight excluding hydrogens is 240 g/mol. The number of hydrogen-bond acceptors (Lipinski definition) is 3. The van der Waals surface area contributed by atoms with Gasteiger partial charge in [0.1, 0.15) is 0 Å². The Labute approximate surface area is 110 Å². The van der Waals surface area contributed by atoms with Gasteiger partial charge in [-0.25, -0.2) is 0 Å². The van der Waals surface area contributed by atoms with Crippen LogP contribution in [0.1, 0.15) is 17.2 Å². The minimum atomic E-state index is 0.0108.